The first kappa shape index (κ1) is 17.9. The van der Waals surface area contributed by atoms with E-state index in [1.54, 1.807) is 6.07 Å². The zero-order valence-electron chi connectivity index (χ0n) is 15.0. The first-order valence-corrected chi connectivity index (χ1v) is 9.41. The molecule has 0 amide bonds. The molecule has 0 unspecified atom stereocenters. The maximum absolute atomic E-state index is 14.6. The highest BCUT2D eigenvalue weighted by atomic mass is 19.1. The fourth-order valence-electron chi connectivity index (χ4n) is 3.91. The molecule has 1 aromatic rings. The number of nitro benzene ring substituents is 1. The molecule has 6 nitrogen and oxygen atoms in total. The molecule has 0 atom stereocenters. The average Bonchev–Trinajstić information content (AvgIpc) is 2.91. The van der Waals surface area contributed by atoms with Gasteiger partial charge in [-0.3, -0.25) is 10.1 Å². The second-order valence-corrected chi connectivity index (χ2v) is 7.04. The van der Waals surface area contributed by atoms with Crippen LogP contribution in [0.25, 0.3) is 0 Å². The van der Waals surface area contributed by atoms with E-state index in [-0.39, 0.29) is 5.69 Å². The summed E-state index contributed by atoms with van der Waals surface area (Å²) < 4.78 is 14.6. The van der Waals surface area contributed by atoms with Crippen molar-refractivity contribution in [2.45, 2.75) is 32.6 Å². The lowest BCUT2D eigenvalue weighted by molar-refractivity contribution is -0.898. The highest BCUT2D eigenvalue weighted by Crippen LogP contribution is 2.35. The van der Waals surface area contributed by atoms with Crippen molar-refractivity contribution in [3.63, 3.8) is 0 Å². The van der Waals surface area contributed by atoms with Gasteiger partial charge in [-0.25, -0.2) is 4.39 Å². The Hall–Kier alpha value is -1.89. The van der Waals surface area contributed by atoms with Gasteiger partial charge in [0.2, 0.25) is 0 Å². The first-order valence-electron chi connectivity index (χ1n) is 9.41. The van der Waals surface area contributed by atoms with E-state index in [0.29, 0.717) is 11.4 Å². The number of quaternary nitrogens is 1. The summed E-state index contributed by atoms with van der Waals surface area (Å²) in [6.45, 7) is 8.34. The number of nitro groups is 1. The molecule has 25 heavy (non-hydrogen) atoms. The van der Waals surface area contributed by atoms with E-state index in [4.69, 9.17) is 0 Å². The Labute approximate surface area is 148 Å². The molecule has 1 N–H and O–H groups in total. The van der Waals surface area contributed by atoms with Gasteiger partial charge in [0, 0.05) is 13.1 Å². The van der Waals surface area contributed by atoms with Crippen LogP contribution in [0.1, 0.15) is 32.6 Å². The normalized spacial score (nSPS) is 19.8. The summed E-state index contributed by atoms with van der Waals surface area (Å²) in [6, 6.07) is 2.84. The van der Waals surface area contributed by atoms with Crippen molar-refractivity contribution in [1.29, 1.82) is 0 Å². The number of benzene rings is 1. The predicted octanol–water partition coefficient (Wildman–Crippen LogP) is 1.84. The Kier molecular flexibility index (Phi) is 5.73. The van der Waals surface area contributed by atoms with Crippen LogP contribution in [0.3, 0.4) is 0 Å². The third-order valence-corrected chi connectivity index (χ3v) is 5.50. The second kappa shape index (κ2) is 7.99. The van der Waals surface area contributed by atoms with Gasteiger partial charge in [0.15, 0.2) is 5.82 Å². The van der Waals surface area contributed by atoms with Crippen LogP contribution in [0.2, 0.25) is 0 Å². The van der Waals surface area contributed by atoms with Crippen LogP contribution in [0.15, 0.2) is 12.1 Å². The topological polar surface area (TPSA) is 54.1 Å². The molecule has 0 saturated carbocycles. The largest absolute Gasteiger partial charge is 0.369 e. The van der Waals surface area contributed by atoms with Crippen LogP contribution in [0.4, 0.5) is 21.5 Å². The van der Waals surface area contributed by atoms with Crippen molar-refractivity contribution < 1.29 is 14.2 Å². The van der Waals surface area contributed by atoms with Gasteiger partial charge in [-0.15, -0.1) is 0 Å². The fourth-order valence-corrected chi connectivity index (χ4v) is 3.91. The molecule has 2 fully saturated rings. The van der Waals surface area contributed by atoms with Crippen molar-refractivity contribution in [3.05, 3.63) is 28.1 Å². The minimum absolute atomic E-state index is 0.115. The van der Waals surface area contributed by atoms with Gasteiger partial charge in [-0.2, -0.15) is 0 Å². The molecule has 2 aliphatic rings. The van der Waals surface area contributed by atoms with Gasteiger partial charge in [-0.1, -0.05) is 12.8 Å². The number of hydrogen-bond donors (Lipinski definition) is 1. The molecule has 1 aromatic carbocycles. The standard InChI is InChI=1S/C18H27FN4O2/c1-2-20-9-11-22(12-10-20)17-14-16(15(19)13-18(17)23(24)25)21-7-5-3-4-6-8-21/h13-14H,2-12H2,1H3/p+1. The van der Waals surface area contributed by atoms with E-state index in [1.807, 2.05) is 0 Å². The number of rotatable bonds is 4. The molecule has 0 bridgehead atoms. The average molecular weight is 351 g/mol. The van der Waals surface area contributed by atoms with E-state index in [2.05, 4.69) is 16.7 Å². The van der Waals surface area contributed by atoms with Crippen molar-refractivity contribution >= 4 is 17.1 Å². The Morgan fingerprint density at radius 2 is 1.64 bits per heavy atom. The highest BCUT2D eigenvalue weighted by Gasteiger charge is 2.28. The Morgan fingerprint density at radius 1 is 1.04 bits per heavy atom. The number of anilines is 2. The SMILES string of the molecule is CC[NH+]1CCN(c2cc(N3CCCCCC3)c(F)cc2[N+](=O)[O-])CC1. The highest BCUT2D eigenvalue weighted by molar-refractivity contribution is 5.71. The zero-order valence-corrected chi connectivity index (χ0v) is 15.0. The summed E-state index contributed by atoms with van der Waals surface area (Å²) in [7, 11) is 0. The van der Waals surface area contributed by atoms with Crippen LogP contribution in [-0.4, -0.2) is 50.7 Å². The minimum atomic E-state index is -0.477. The quantitative estimate of drug-likeness (QED) is 0.664. The molecule has 3 rings (SSSR count). The predicted molar refractivity (Wildman–Crippen MR) is 97.2 cm³/mol. The van der Waals surface area contributed by atoms with E-state index in [9.17, 15) is 14.5 Å². The number of nitrogens with one attached hydrogen (secondary N) is 1. The van der Waals surface area contributed by atoms with Gasteiger partial charge >= 0.3 is 0 Å². The lowest BCUT2D eigenvalue weighted by Crippen LogP contribution is -3.14. The molecule has 2 heterocycles. The summed E-state index contributed by atoms with van der Waals surface area (Å²) in [5.41, 5.74) is 0.976. The second-order valence-electron chi connectivity index (χ2n) is 7.04. The van der Waals surface area contributed by atoms with Crippen molar-refractivity contribution in [1.82, 2.24) is 0 Å². The molecule has 138 valence electrons. The summed E-state index contributed by atoms with van der Waals surface area (Å²) in [4.78, 5) is 16.6. The molecular formula is C18H28FN4O2+. The number of piperazine rings is 1. The van der Waals surface area contributed by atoms with Gasteiger partial charge < -0.3 is 14.7 Å². The summed E-state index contributed by atoms with van der Waals surface area (Å²) in [5.74, 6) is -0.477. The van der Waals surface area contributed by atoms with Gasteiger partial charge in [0.1, 0.15) is 5.69 Å². The van der Waals surface area contributed by atoms with Crippen LogP contribution in [-0.2, 0) is 0 Å². The molecule has 0 spiro atoms. The van der Waals surface area contributed by atoms with Gasteiger partial charge in [-0.05, 0) is 25.8 Å². The molecule has 2 aliphatic heterocycles. The van der Waals surface area contributed by atoms with Crippen molar-refractivity contribution in [2.75, 3.05) is 55.6 Å². The Bertz CT molecular complexity index is 609. The van der Waals surface area contributed by atoms with E-state index in [1.165, 1.54) is 17.7 Å². The summed E-state index contributed by atoms with van der Waals surface area (Å²) >= 11 is 0. The van der Waals surface area contributed by atoms with E-state index < -0.39 is 10.7 Å². The Balaban J connectivity index is 1.91. The van der Waals surface area contributed by atoms with Gasteiger partial charge in [0.25, 0.3) is 5.69 Å². The van der Waals surface area contributed by atoms with Crippen molar-refractivity contribution in [3.8, 4) is 0 Å². The lowest BCUT2D eigenvalue weighted by atomic mass is 10.1. The lowest BCUT2D eigenvalue weighted by Gasteiger charge is -2.33. The van der Waals surface area contributed by atoms with Crippen LogP contribution in [0.5, 0.6) is 0 Å². The zero-order chi connectivity index (χ0) is 17.8. The number of hydrogen-bond acceptors (Lipinski definition) is 4. The maximum Gasteiger partial charge on any atom is 0.295 e. The fraction of sp³-hybridized carbons (Fsp3) is 0.667. The smallest absolute Gasteiger partial charge is 0.295 e. The Morgan fingerprint density at radius 3 is 2.20 bits per heavy atom. The van der Waals surface area contributed by atoms with E-state index in [0.717, 1.165) is 64.7 Å². The number of likely N-dealkylation sites (N-methyl/N-ethyl adjacent to an activating group) is 1. The maximum atomic E-state index is 14.6. The van der Waals surface area contributed by atoms with E-state index >= 15 is 0 Å². The van der Waals surface area contributed by atoms with Crippen LogP contribution in [0, 0.1) is 15.9 Å². The van der Waals surface area contributed by atoms with Crippen LogP contribution < -0.4 is 14.7 Å². The summed E-state index contributed by atoms with van der Waals surface area (Å²) in [5, 5.41) is 11.5. The molecule has 7 heteroatoms. The molecule has 0 aliphatic carbocycles. The van der Waals surface area contributed by atoms with Crippen LogP contribution >= 0.6 is 0 Å². The third kappa shape index (κ3) is 4.03. The molecule has 0 aromatic heterocycles. The van der Waals surface area contributed by atoms with Gasteiger partial charge in [0.05, 0.1) is 49.4 Å². The molecular weight excluding hydrogens is 323 g/mol. The minimum Gasteiger partial charge on any atom is -0.369 e. The monoisotopic (exact) mass is 351 g/mol. The summed E-state index contributed by atoms with van der Waals surface area (Å²) in [6.07, 6.45) is 4.42. The van der Waals surface area contributed by atoms with Crippen molar-refractivity contribution in [2.24, 2.45) is 0 Å². The number of halogens is 1. The molecule has 0 radical (unpaired) electrons. The third-order valence-electron chi connectivity index (χ3n) is 5.50. The molecule has 2 saturated heterocycles. The first-order chi connectivity index (χ1) is 12.1. The number of nitrogens with zero attached hydrogens (tertiary/aromatic N) is 3.